The second-order valence-corrected chi connectivity index (χ2v) is 20.3. The lowest BCUT2D eigenvalue weighted by atomic mass is 9.33. The number of hydrogen-bond acceptors (Lipinski definition) is 6. The van der Waals surface area contributed by atoms with E-state index in [-0.39, 0.29) is 51.8 Å². The average Bonchev–Trinajstić information content (AvgIpc) is 3.60. The van der Waals surface area contributed by atoms with Gasteiger partial charge in [-0.1, -0.05) is 60.1 Å². The smallest absolute Gasteiger partial charge is 0.309 e. The Morgan fingerprint density at radius 2 is 1.62 bits per heavy atom. The fourth-order valence-electron chi connectivity index (χ4n) is 13.3. The number of rotatable bonds is 7. The van der Waals surface area contributed by atoms with Crippen LogP contribution in [-0.4, -0.2) is 43.7 Å². The van der Waals surface area contributed by atoms with Crippen LogP contribution in [0.1, 0.15) is 132 Å². The highest BCUT2D eigenvalue weighted by Crippen LogP contribution is 2.76. The molecule has 53 heavy (non-hydrogen) atoms. The van der Waals surface area contributed by atoms with Crippen LogP contribution in [-0.2, 0) is 31.6 Å². The topological polar surface area (TPSA) is 111 Å². The summed E-state index contributed by atoms with van der Waals surface area (Å²) in [4.78, 5) is 39.1. The number of ketones is 1. The van der Waals surface area contributed by atoms with Gasteiger partial charge in [0.25, 0.3) is 0 Å². The Balaban J connectivity index is 1.22. The predicted molar refractivity (Wildman–Crippen MR) is 206 cm³/mol. The van der Waals surface area contributed by atoms with Crippen molar-refractivity contribution in [3.63, 3.8) is 0 Å². The normalized spacial score (nSPS) is 36.4. The number of ether oxygens (including phenoxy) is 1. The Labute approximate surface area is 320 Å². The Kier molecular flexibility index (Phi) is 9.04. The molecule has 0 bridgehead atoms. The van der Waals surface area contributed by atoms with E-state index < -0.39 is 22.8 Å². The van der Waals surface area contributed by atoms with Gasteiger partial charge in [-0.3, -0.25) is 14.4 Å². The number of carboxylic acid groups (broad SMARTS) is 1. The third kappa shape index (κ3) is 5.44. The summed E-state index contributed by atoms with van der Waals surface area (Å²) in [6.07, 6.45) is 8.07. The van der Waals surface area contributed by atoms with Crippen molar-refractivity contribution in [3.8, 4) is 11.4 Å². The van der Waals surface area contributed by atoms with Crippen LogP contribution in [0.25, 0.3) is 11.4 Å². The maximum atomic E-state index is 14.3. The van der Waals surface area contributed by atoms with Crippen LogP contribution in [0.3, 0.4) is 0 Å². The van der Waals surface area contributed by atoms with Crippen LogP contribution in [0.2, 0.25) is 5.02 Å². The lowest BCUT2D eigenvalue weighted by Crippen LogP contribution is -2.66. The van der Waals surface area contributed by atoms with Gasteiger partial charge in [0.05, 0.1) is 17.3 Å². The van der Waals surface area contributed by atoms with Gasteiger partial charge in [-0.2, -0.15) is 0 Å². The van der Waals surface area contributed by atoms with Crippen molar-refractivity contribution in [2.45, 2.75) is 138 Å². The first-order chi connectivity index (χ1) is 24.6. The van der Waals surface area contributed by atoms with Gasteiger partial charge in [0.15, 0.2) is 11.6 Å². The first-order valence-corrected chi connectivity index (χ1v) is 20.4. The quantitative estimate of drug-likeness (QED) is 0.281. The maximum Gasteiger partial charge on any atom is 0.309 e. The largest absolute Gasteiger partial charge is 0.481 e. The molecule has 1 N–H and O–H groups in total. The Hall–Kier alpha value is -3.00. The highest BCUT2D eigenvalue weighted by molar-refractivity contribution is 6.30. The predicted octanol–water partition coefficient (Wildman–Crippen LogP) is 9.78. The third-order valence-corrected chi connectivity index (χ3v) is 16.5. The molecule has 4 fully saturated rings. The average molecular weight is 746 g/mol. The molecule has 0 aliphatic heterocycles. The van der Waals surface area contributed by atoms with Gasteiger partial charge in [0.1, 0.15) is 11.9 Å². The monoisotopic (exact) mass is 745 g/mol. The summed E-state index contributed by atoms with van der Waals surface area (Å²) in [6, 6.07) is 7.74. The molecule has 1 heterocycles. The lowest BCUT2D eigenvalue weighted by Gasteiger charge is -2.72. The summed E-state index contributed by atoms with van der Waals surface area (Å²) < 4.78 is 8.32. The molecule has 4 unspecified atom stereocenters. The Morgan fingerprint density at radius 1 is 0.943 bits per heavy atom. The van der Waals surface area contributed by atoms with E-state index >= 15 is 0 Å². The van der Waals surface area contributed by atoms with E-state index in [9.17, 15) is 19.5 Å². The molecule has 9 heteroatoms. The number of carbonyl (C=O) groups excluding carboxylic acids is 2. The molecular weight excluding hydrogens is 686 g/mol. The molecule has 8 nitrogen and oxygen atoms in total. The van der Waals surface area contributed by atoms with Crippen LogP contribution in [0.15, 0.2) is 35.4 Å². The number of halogens is 1. The van der Waals surface area contributed by atoms with E-state index in [1.54, 1.807) is 13.8 Å². The number of nitrogens with zero attached hydrogens (tertiary/aromatic N) is 3. The lowest BCUT2D eigenvalue weighted by molar-refractivity contribution is -0.232. The van der Waals surface area contributed by atoms with Gasteiger partial charge in [-0.05, 0) is 141 Å². The number of carbonyl (C=O) groups is 3. The summed E-state index contributed by atoms with van der Waals surface area (Å²) in [5.74, 6) is 1.85. The number of Topliss-reactive ketones (excluding diaryl/α,β-unsaturated/α-hetero) is 1. The van der Waals surface area contributed by atoms with Crippen molar-refractivity contribution in [2.24, 2.45) is 57.8 Å². The van der Waals surface area contributed by atoms with E-state index in [0.717, 1.165) is 74.2 Å². The van der Waals surface area contributed by atoms with Gasteiger partial charge in [-0.15, -0.1) is 10.2 Å². The molecule has 0 amide bonds. The van der Waals surface area contributed by atoms with Crippen molar-refractivity contribution in [1.82, 2.24) is 14.8 Å². The molecule has 0 radical (unpaired) electrons. The summed E-state index contributed by atoms with van der Waals surface area (Å²) in [5, 5.41) is 20.0. The van der Waals surface area contributed by atoms with Crippen molar-refractivity contribution < 1.29 is 24.2 Å². The molecule has 1 aromatic carbocycles. The minimum Gasteiger partial charge on any atom is -0.481 e. The molecule has 4 saturated carbocycles. The Bertz CT molecular complexity index is 1880. The van der Waals surface area contributed by atoms with E-state index in [4.69, 9.17) is 26.5 Å². The number of fused-ring (bicyclic) bond motifs is 7. The molecular formula is C44H60ClN3O5. The first kappa shape index (κ1) is 38.3. The van der Waals surface area contributed by atoms with Gasteiger partial charge in [0.2, 0.25) is 0 Å². The molecule has 8 atom stereocenters. The third-order valence-electron chi connectivity index (χ3n) is 16.2. The highest BCUT2D eigenvalue weighted by Gasteiger charge is 2.71. The summed E-state index contributed by atoms with van der Waals surface area (Å²) in [5.41, 5.74) is 1.62. The number of hydrogen-bond donors (Lipinski definition) is 1. The number of aliphatic carboxylic acids is 1. The van der Waals surface area contributed by atoms with Crippen LogP contribution in [0, 0.1) is 50.7 Å². The number of allylic oxidation sites excluding steroid dienone is 2. The van der Waals surface area contributed by atoms with E-state index in [0.29, 0.717) is 23.3 Å². The molecule has 7 rings (SSSR count). The molecule has 0 spiro atoms. The van der Waals surface area contributed by atoms with Crippen LogP contribution >= 0.6 is 11.6 Å². The fraction of sp³-hybridized carbons (Fsp3) is 0.705. The highest BCUT2D eigenvalue weighted by atomic mass is 35.5. The zero-order valence-corrected chi connectivity index (χ0v) is 34.3. The summed E-state index contributed by atoms with van der Waals surface area (Å²) in [7, 11) is 2.06. The molecule has 288 valence electrons. The summed E-state index contributed by atoms with van der Waals surface area (Å²) in [6.45, 7) is 19.8. The van der Waals surface area contributed by atoms with Crippen molar-refractivity contribution in [3.05, 3.63) is 46.3 Å². The fourth-order valence-corrected chi connectivity index (χ4v) is 13.4. The number of aromatic nitrogens is 3. The van der Waals surface area contributed by atoms with Crippen molar-refractivity contribution in [1.29, 1.82) is 0 Å². The van der Waals surface area contributed by atoms with Crippen LogP contribution in [0.5, 0.6) is 0 Å². The molecule has 2 aromatic rings. The van der Waals surface area contributed by atoms with Crippen LogP contribution < -0.4 is 0 Å². The maximum absolute atomic E-state index is 14.3. The molecule has 5 aliphatic rings. The van der Waals surface area contributed by atoms with E-state index in [2.05, 4.69) is 60.1 Å². The van der Waals surface area contributed by atoms with Crippen LogP contribution in [0.4, 0.5) is 0 Å². The van der Waals surface area contributed by atoms with Gasteiger partial charge >= 0.3 is 11.9 Å². The van der Waals surface area contributed by atoms with E-state index in [1.165, 1.54) is 5.57 Å². The second-order valence-electron chi connectivity index (χ2n) is 19.9. The SMILES string of the molecule is CC(C)C1=C2C3CC[C@H]4C(C)(CC[C@H]5C(C)(C)C(OC(=O)CC(C)(C)C(=O)O)CC[C@@]54C)[C@]3(C)CCC2(c2nnc(-c3ccc(Cl)cc3)n2C)CC1=O. The number of benzene rings is 1. The molecule has 1 aromatic heterocycles. The number of esters is 1. The van der Waals surface area contributed by atoms with Gasteiger partial charge in [0, 0.05) is 29.5 Å². The second kappa shape index (κ2) is 12.5. The zero-order chi connectivity index (χ0) is 38.7. The van der Waals surface area contributed by atoms with Gasteiger partial charge in [-0.25, -0.2) is 0 Å². The standard InChI is InChI=1S/C44H60ClN3O5/c1-25(2)34-29(49)23-44(37-47-46-36(48(37)10)26-11-13-27(45)14-12-26)22-21-42(8)28(35(34)44)15-16-31-41(7)19-18-32(53-33(50)24-39(3,4)38(51)52)40(5,6)30(41)17-20-43(31,42)9/h11-14,25,28,30-32H,15-24H2,1-10H3,(H,51,52)/t28?,30-,31+,32?,41-,42+,43?,44?/m0/s1. The first-order valence-electron chi connectivity index (χ1n) is 20.0. The Morgan fingerprint density at radius 3 is 2.26 bits per heavy atom. The van der Waals surface area contributed by atoms with Gasteiger partial charge < -0.3 is 14.4 Å². The minimum atomic E-state index is -1.16. The zero-order valence-electron chi connectivity index (χ0n) is 33.6. The summed E-state index contributed by atoms with van der Waals surface area (Å²) >= 11 is 6.23. The van der Waals surface area contributed by atoms with E-state index in [1.807, 2.05) is 24.3 Å². The molecule has 5 aliphatic carbocycles. The molecule has 0 saturated heterocycles. The van der Waals surface area contributed by atoms with Crippen molar-refractivity contribution >= 4 is 29.3 Å². The minimum absolute atomic E-state index is 0.000956. The van der Waals surface area contributed by atoms with Crippen molar-refractivity contribution in [2.75, 3.05) is 0 Å². The number of carboxylic acids is 1.